The molecule has 0 amide bonds. The highest BCUT2D eigenvalue weighted by Gasteiger charge is 2.17. The molecule has 2 rings (SSSR count). The summed E-state index contributed by atoms with van der Waals surface area (Å²) in [5.74, 6) is 0.221. The van der Waals surface area contributed by atoms with Gasteiger partial charge in [-0.3, -0.25) is 0 Å². The molecule has 0 aromatic heterocycles. The van der Waals surface area contributed by atoms with E-state index in [1.54, 1.807) is 0 Å². The molecule has 1 aromatic carbocycles. The third-order valence-corrected chi connectivity index (χ3v) is 5.28. The Morgan fingerprint density at radius 1 is 1.26 bits per heavy atom. The normalized spacial score (nSPS) is 16.3. The molecular formula is C15H23NO2S. The maximum atomic E-state index is 11.9. The van der Waals surface area contributed by atoms with Gasteiger partial charge in [-0.25, -0.2) is 13.1 Å². The van der Waals surface area contributed by atoms with Crippen molar-refractivity contribution in [2.24, 2.45) is 0 Å². The van der Waals surface area contributed by atoms with Gasteiger partial charge in [0.15, 0.2) is 0 Å². The smallest absolute Gasteiger partial charge is 0.212 e. The van der Waals surface area contributed by atoms with Gasteiger partial charge in [0.05, 0.1) is 5.75 Å². The van der Waals surface area contributed by atoms with E-state index in [2.05, 4.69) is 22.9 Å². The Balaban J connectivity index is 2.06. The molecule has 3 nitrogen and oxygen atoms in total. The number of hydrogen-bond acceptors (Lipinski definition) is 2. The summed E-state index contributed by atoms with van der Waals surface area (Å²) in [6.45, 7) is 3.92. The molecule has 106 valence electrons. The first-order valence-corrected chi connectivity index (χ1v) is 8.79. The lowest BCUT2D eigenvalue weighted by Gasteiger charge is -2.15. The zero-order chi connectivity index (χ0) is 13.9. The Hall–Kier alpha value is -0.870. The van der Waals surface area contributed by atoms with E-state index in [0.717, 1.165) is 24.8 Å². The molecule has 0 fully saturated rings. The molecule has 0 heterocycles. The van der Waals surface area contributed by atoms with Crippen molar-refractivity contribution in [1.82, 2.24) is 4.72 Å². The molecule has 1 unspecified atom stereocenters. The summed E-state index contributed by atoms with van der Waals surface area (Å²) in [7, 11) is -3.16. The molecular weight excluding hydrogens is 258 g/mol. The van der Waals surface area contributed by atoms with Crippen LogP contribution < -0.4 is 4.72 Å². The second-order valence-electron chi connectivity index (χ2n) is 5.39. The van der Waals surface area contributed by atoms with E-state index in [-0.39, 0.29) is 11.8 Å². The number of sulfonamides is 1. The number of unbranched alkanes of at least 4 members (excludes halogenated alkanes) is 1. The summed E-state index contributed by atoms with van der Waals surface area (Å²) in [5.41, 5.74) is 3.88. The third kappa shape index (κ3) is 3.80. The topological polar surface area (TPSA) is 46.2 Å². The molecule has 0 radical (unpaired) electrons. The lowest BCUT2D eigenvalue weighted by molar-refractivity contribution is 0.563. The lowest BCUT2D eigenvalue weighted by Crippen LogP contribution is -2.29. The second-order valence-corrected chi connectivity index (χ2v) is 7.27. The van der Waals surface area contributed by atoms with Gasteiger partial charge in [-0.15, -0.1) is 0 Å². The summed E-state index contributed by atoms with van der Waals surface area (Å²) in [4.78, 5) is 0. The molecule has 1 aliphatic carbocycles. The molecule has 1 aromatic rings. The van der Waals surface area contributed by atoms with Crippen LogP contribution in [0.15, 0.2) is 18.2 Å². The van der Waals surface area contributed by atoms with Gasteiger partial charge in [0.2, 0.25) is 10.0 Å². The third-order valence-electron chi connectivity index (χ3n) is 3.75. The van der Waals surface area contributed by atoms with Crippen LogP contribution in [0.1, 0.15) is 55.8 Å². The van der Waals surface area contributed by atoms with E-state index in [0.29, 0.717) is 6.42 Å². The van der Waals surface area contributed by atoms with Gasteiger partial charge >= 0.3 is 0 Å². The minimum absolute atomic E-state index is 0.146. The Morgan fingerprint density at radius 3 is 2.74 bits per heavy atom. The van der Waals surface area contributed by atoms with Crippen molar-refractivity contribution in [2.45, 2.75) is 52.0 Å². The highest BCUT2D eigenvalue weighted by molar-refractivity contribution is 7.89. The highest BCUT2D eigenvalue weighted by atomic mass is 32.2. The number of hydrogen-bond donors (Lipinski definition) is 1. The van der Waals surface area contributed by atoms with Crippen molar-refractivity contribution in [1.29, 1.82) is 0 Å². The number of benzene rings is 1. The Kier molecular flexibility index (Phi) is 4.63. The molecule has 0 spiro atoms. The van der Waals surface area contributed by atoms with Gasteiger partial charge in [0.25, 0.3) is 0 Å². The van der Waals surface area contributed by atoms with E-state index in [9.17, 15) is 8.42 Å². The zero-order valence-electron chi connectivity index (χ0n) is 11.8. The Labute approximate surface area is 116 Å². The van der Waals surface area contributed by atoms with Crippen molar-refractivity contribution in [2.75, 3.05) is 5.75 Å². The fraction of sp³-hybridized carbons (Fsp3) is 0.600. The van der Waals surface area contributed by atoms with Gasteiger partial charge in [-0.2, -0.15) is 0 Å². The van der Waals surface area contributed by atoms with Crippen LogP contribution in [-0.4, -0.2) is 14.2 Å². The monoisotopic (exact) mass is 281 g/mol. The second kappa shape index (κ2) is 6.06. The number of nitrogens with one attached hydrogen (secondary N) is 1. The quantitative estimate of drug-likeness (QED) is 0.871. The number of fused-ring (bicyclic) bond motifs is 1. The van der Waals surface area contributed by atoms with E-state index >= 15 is 0 Å². The summed E-state index contributed by atoms with van der Waals surface area (Å²) in [6, 6.07) is 6.22. The van der Waals surface area contributed by atoms with E-state index in [1.807, 2.05) is 13.8 Å². The van der Waals surface area contributed by atoms with Crippen LogP contribution in [0.3, 0.4) is 0 Å². The van der Waals surface area contributed by atoms with Crippen LogP contribution in [0.4, 0.5) is 0 Å². The van der Waals surface area contributed by atoms with Crippen molar-refractivity contribution < 1.29 is 8.42 Å². The van der Waals surface area contributed by atoms with Crippen molar-refractivity contribution >= 4 is 10.0 Å². The van der Waals surface area contributed by atoms with Crippen LogP contribution >= 0.6 is 0 Å². The van der Waals surface area contributed by atoms with Crippen LogP contribution in [0.5, 0.6) is 0 Å². The first-order valence-electron chi connectivity index (χ1n) is 7.13. The average Bonchev–Trinajstić information content (AvgIpc) is 2.83. The molecule has 0 bridgehead atoms. The molecule has 19 heavy (non-hydrogen) atoms. The van der Waals surface area contributed by atoms with E-state index < -0.39 is 10.0 Å². The zero-order valence-corrected chi connectivity index (χ0v) is 12.6. The van der Waals surface area contributed by atoms with Crippen LogP contribution in [0.25, 0.3) is 0 Å². The predicted octanol–water partition coefficient (Wildman–Crippen LogP) is 2.96. The van der Waals surface area contributed by atoms with E-state index in [4.69, 9.17) is 0 Å². The van der Waals surface area contributed by atoms with Crippen LogP contribution in [0.2, 0.25) is 0 Å². The molecule has 0 saturated heterocycles. The number of rotatable bonds is 6. The molecule has 0 aliphatic heterocycles. The fourth-order valence-electron chi connectivity index (χ4n) is 2.59. The van der Waals surface area contributed by atoms with Crippen molar-refractivity contribution in [3.8, 4) is 0 Å². The van der Waals surface area contributed by atoms with Gasteiger partial charge in [-0.1, -0.05) is 31.5 Å². The first-order chi connectivity index (χ1) is 9.02. The Morgan fingerprint density at radius 2 is 2.00 bits per heavy atom. The summed E-state index contributed by atoms with van der Waals surface area (Å²) in [6.07, 6.45) is 5.11. The maximum Gasteiger partial charge on any atom is 0.212 e. The van der Waals surface area contributed by atoms with Crippen molar-refractivity contribution in [3.05, 3.63) is 34.9 Å². The van der Waals surface area contributed by atoms with E-state index in [1.165, 1.54) is 17.5 Å². The minimum Gasteiger partial charge on any atom is -0.212 e. The molecule has 1 atom stereocenters. The van der Waals surface area contributed by atoms with Crippen LogP contribution in [0, 0.1) is 0 Å². The summed E-state index contributed by atoms with van der Waals surface area (Å²) < 4.78 is 26.6. The molecule has 1 N–H and O–H groups in total. The highest BCUT2D eigenvalue weighted by Crippen LogP contribution is 2.25. The lowest BCUT2D eigenvalue weighted by atomic mass is 10.0. The molecule has 1 aliphatic rings. The van der Waals surface area contributed by atoms with Gasteiger partial charge in [0, 0.05) is 6.04 Å². The standard InChI is InChI=1S/C15H23NO2S/c1-3-4-10-19(17,18)16-12(2)14-9-8-13-6-5-7-15(13)11-14/h8-9,11-12,16H,3-7,10H2,1-2H3. The maximum absolute atomic E-state index is 11.9. The summed E-state index contributed by atoms with van der Waals surface area (Å²) in [5, 5.41) is 0. The predicted molar refractivity (Wildman–Crippen MR) is 78.7 cm³/mol. The van der Waals surface area contributed by atoms with Gasteiger partial charge < -0.3 is 0 Å². The molecule has 0 saturated carbocycles. The molecule has 4 heteroatoms. The van der Waals surface area contributed by atoms with Gasteiger partial charge in [0.1, 0.15) is 0 Å². The largest absolute Gasteiger partial charge is 0.212 e. The average molecular weight is 281 g/mol. The van der Waals surface area contributed by atoms with Crippen LogP contribution in [-0.2, 0) is 22.9 Å². The first kappa shape index (κ1) is 14.5. The summed E-state index contributed by atoms with van der Waals surface area (Å²) >= 11 is 0. The van der Waals surface area contributed by atoms with Crippen molar-refractivity contribution in [3.63, 3.8) is 0 Å². The fourth-order valence-corrected chi connectivity index (χ4v) is 4.05. The van der Waals surface area contributed by atoms with Gasteiger partial charge in [-0.05, 0) is 49.3 Å². The minimum atomic E-state index is -3.16. The number of aryl methyl sites for hydroxylation is 2. The SMILES string of the molecule is CCCCS(=O)(=O)NC(C)c1ccc2c(c1)CCC2. The Bertz CT molecular complexity index is 537.